The molecule has 0 aromatic rings. The van der Waals surface area contributed by atoms with Crippen LogP contribution in [0.1, 0.15) is 26.2 Å². The average molecular weight is 214 g/mol. The summed E-state index contributed by atoms with van der Waals surface area (Å²) in [5, 5.41) is 6.10. The number of nitrogens with one attached hydrogen (secondary N) is 2. The molecule has 4 heteroatoms. The smallest absolute Gasteiger partial charge is 0.222 e. The molecule has 0 aromatic heterocycles. The van der Waals surface area contributed by atoms with E-state index in [1.54, 1.807) is 0 Å². The maximum Gasteiger partial charge on any atom is 0.222 e. The Morgan fingerprint density at radius 2 is 2.47 bits per heavy atom. The highest BCUT2D eigenvalue weighted by atomic mass is 16.5. The van der Waals surface area contributed by atoms with E-state index in [1.807, 2.05) is 6.92 Å². The monoisotopic (exact) mass is 214 g/mol. The Morgan fingerprint density at radius 3 is 3.13 bits per heavy atom. The standard InChI is InChI=1S/C11H22N2O2/c1-2-13-11(14)5-7-15-9-10-4-3-6-12-8-10/h10,12H,2-9H2,1H3,(H,13,14). The first-order valence-electron chi connectivity index (χ1n) is 5.88. The van der Waals surface area contributed by atoms with E-state index in [0.29, 0.717) is 25.5 Å². The quantitative estimate of drug-likeness (QED) is 0.634. The third-order valence-electron chi connectivity index (χ3n) is 2.60. The zero-order chi connectivity index (χ0) is 10.9. The van der Waals surface area contributed by atoms with Crippen LogP contribution in [0.4, 0.5) is 0 Å². The van der Waals surface area contributed by atoms with E-state index in [9.17, 15) is 4.79 Å². The number of piperidine rings is 1. The summed E-state index contributed by atoms with van der Waals surface area (Å²) in [6.07, 6.45) is 2.96. The zero-order valence-corrected chi connectivity index (χ0v) is 9.55. The summed E-state index contributed by atoms with van der Waals surface area (Å²) < 4.78 is 5.49. The van der Waals surface area contributed by atoms with Crippen LogP contribution < -0.4 is 10.6 Å². The van der Waals surface area contributed by atoms with Crippen molar-refractivity contribution in [1.29, 1.82) is 0 Å². The minimum absolute atomic E-state index is 0.0827. The van der Waals surface area contributed by atoms with Crippen LogP contribution in [0.2, 0.25) is 0 Å². The highest BCUT2D eigenvalue weighted by Gasteiger charge is 2.12. The molecule has 88 valence electrons. The van der Waals surface area contributed by atoms with Crippen LogP contribution in [0.3, 0.4) is 0 Å². The van der Waals surface area contributed by atoms with Gasteiger partial charge in [0.2, 0.25) is 5.91 Å². The first kappa shape index (κ1) is 12.5. The van der Waals surface area contributed by atoms with Crippen LogP contribution >= 0.6 is 0 Å². The molecule has 4 nitrogen and oxygen atoms in total. The second-order valence-electron chi connectivity index (χ2n) is 3.99. The largest absolute Gasteiger partial charge is 0.381 e. The van der Waals surface area contributed by atoms with Gasteiger partial charge in [-0.3, -0.25) is 4.79 Å². The minimum Gasteiger partial charge on any atom is -0.381 e. The predicted molar refractivity (Wildman–Crippen MR) is 59.7 cm³/mol. The Labute approximate surface area is 91.8 Å². The van der Waals surface area contributed by atoms with Crippen LogP contribution in [0.5, 0.6) is 0 Å². The molecule has 0 spiro atoms. The molecule has 1 atom stereocenters. The van der Waals surface area contributed by atoms with E-state index < -0.39 is 0 Å². The highest BCUT2D eigenvalue weighted by molar-refractivity contribution is 5.75. The molecular weight excluding hydrogens is 192 g/mol. The molecule has 0 radical (unpaired) electrons. The van der Waals surface area contributed by atoms with Gasteiger partial charge in [-0.1, -0.05) is 0 Å². The van der Waals surface area contributed by atoms with Crippen molar-refractivity contribution in [2.45, 2.75) is 26.2 Å². The molecule has 0 bridgehead atoms. The maximum absolute atomic E-state index is 11.1. The third-order valence-corrected chi connectivity index (χ3v) is 2.60. The number of ether oxygens (including phenoxy) is 1. The number of carbonyl (C=O) groups excluding carboxylic acids is 1. The van der Waals surface area contributed by atoms with E-state index in [4.69, 9.17) is 4.74 Å². The van der Waals surface area contributed by atoms with Crippen LogP contribution in [-0.4, -0.2) is 38.8 Å². The van der Waals surface area contributed by atoms with Crippen LogP contribution in [0.15, 0.2) is 0 Å². The molecule has 1 amide bonds. The molecule has 0 saturated carbocycles. The van der Waals surface area contributed by atoms with E-state index in [0.717, 1.165) is 19.7 Å². The SMILES string of the molecule is CCNC(=O)CCOCC1CCCNC1. The highest BCUT2D eigenvalue weighted by Crippen LogP contribution is 2.09. The fourth-order valence-corrected chi connectivity index (χ4v) is 1.77. The lowest BCUT2D eigenvalue weighted by atomic mass is 10.0. The van der Waals surface area contributed by atoms with E-state index >= 15 is 0 Å². The molecular formula is C11H22N2O2. The molecule has 1 rings (SSSR count). The molecule has 0 aromatic carbocycles. The van der Waals surface area contributed by atoms with Crippen LogP contribution in [-0.2, 0) is 9.53 Å². The van der Waals surface area contributed by atoms with Crippen molar-refractivity contribution >= 4 is 5.91 Å². The molecule has 1 saturated heterocycles. The lowest BCUT2D eigenvalue weighted by Crippen LogP contribution is -2.32. The second kappa shape index (κ2) is 7.65. The Bertz CT molecular complexity index is 179. The van der Waals surface area contributed by atoms with Crippen molar-refractivity contribution in [3.8, 4) is 0 Å². The Kier molecular flexibility index (Phi) is 6.36. The van der Waals surface area contributed by atoms with Crippen LogP contribution in [0, 0.1) is 5.92 Å². The number of rotatable bonds is 6. The molecule has 1 aliphatic heterocycles. The van der Waals surface area contributed by atoms with Gasteiger partial charge in [-0.05, 0) is 32.2 Å². The van der Waals surface area contributed by atoms with Crippen molar-refractivity contribution in [3.05, 3.63) is 0 Å². The summed E-state index contributed by atoms with van der Waals surface area (Å²) in [7, 11) is 0. The molecule has 1 heterocycles. The lowest BCUT2D eigenvalue weighted by Gasteiger charge is -2.22. The number of hydrogen-bond donors (Lipinski definition) is 2. The van der Waals surface area contributed by atoms with Crippen molar-refractivity contribution in [3.63, 3.8) is 0 Å². The minimum atomic E-state index is 0.0827. The number of hydrogen-bond acceptors (Lipinski definition) is 3. The van der Waals surface area contributed by atoms with Crippen molar-refractivity contribution in [1.82, 2.24) is 10.6 Å². The molecule has 1 aliphatic rings. The van der Waals surface area contributed by atoms with Gasteiger partial charge in [0, 0.05) is 19.5 Å². The van der Waals surface area contributed by atoms with Gasteiger partial charge in [0.25, 0.3) is 0 Å². The summed E-state index contributed by atoms with van der Waals surface area (Å²) >= 11 is 0. The van der Waals surface area contributed by atoms with Gasteiger partial charge < -0.3 is 15.4 Å². The fourth-order valence-electron chi connectivity index (χ4n) is 1.77. The van der Waals surface area contributed by atoms with Gasteiger partial charge in [-0.2, -0.15) is 0 Å². The Morgan fingerprint density at radius 1 is 1.60 bits per heavy atom. The summed E-state index contributed by atoms with van der Waals surface area (Å²) in [5.41, 5.74) is 0. The lowest BCUT2D eigenvalue weighted by molar-refractivity contribution is -0.122. The molecule has 1 unspecified atom stereocenters. The summed E-state index contributed by atoms with van der Waals surface area (Å²) in [4.78, 5) is 11.1. The normalized spacial score (nSPS) is 21.3. The summed E-state index contributed by atoms with van der Waals surface area (Å²) in [6.45, 7) is 6.14. The maximum atomic E-state index is 11.1. The Balaban J connectivity index is 1.93. The van der Waals surface area contributed by atoms with Crippen molar-refractivity contribution < 1.29 is 9.53 Å². The summed E-state index contributed by atoms with van der Waals surface area (Å²) in [5.74, 6) is 0.715. The summed E-state index contributed by atoms with van der Waals surface area (Å²) in [6, 6.07) is 0. The van der Waals surface area contributed by atoms with Crippen molar-refractivity contribution in [2.75, 3.05) is 32.8 Å². The van der Waals surface area contributed by atoms with E-state index in [2.05, 4.69) is 10.6 Å². The van der Waals surface area contributed by atoms with E-state index in [-0.39, 0.29) is 5.91 Å². The van der Waals surface area contributed by atoms with E-state index in [1.165, 1.54) is 12.8 Å². The molecule has 1 fully saturated rings. The first-order valence-corrected chi connectivity index (χ1v) is 5.88. The second-order valence-corrected chi connectivity index (χ2v) is 3.99. The van der Waals surface area contributed by atoms with Gasteiger partial charge in [0.05, 0.1) is 13.2 Å². The topological polar surface area (TPSA) is 50.4 Å². The van der Waals surface area contributed by atoms with Gasteiger partial charge in [-0.25, -0.2) is 0 Å². The van der Waals surface area contributed by atoms with Crippen molar-refractivity contribution in [2.24, 2.45) is 5.92 Å². The number of carbonyl (C=O) groups is 1. The first-order chi connectivity index (χ1) is 7.33. The average Bonchev–Trinajstić information content (AvgIpc) is 2.26. The van der Waals surface area contributed by atoms with Gasteiger partial charge in [-0.15, -0.1) is 0 Å². The van der Waals surface area contributed by atoms with Crippen LogP contribution in [0.25, 0.3) is 0 Å². The molecule has 15 heavy (non-hydrogen) atoms. The van der Waals surface area contributed by atoms with Gasteiger partial charge in [0.1, 0.15) is 0 Å². The third kappa shape index (κ3) is 5.74. The fraction of sp³-hybridized carbons (Fsp3) is 0.909. The number of amides is 1. The molecule has 0 aliphatic carbocycles. The predicted octanol–water partition coefficient (Wildman–Crippen LogP) is 0.529. The van der Waals surface area contributed by atoms with Gasteiger partial charge >= 0.3 is 0 Å². The molecule has 2 N–H and O–H groups in total. The Hall–Kier alpha value is -0.610. The zero-order valence-electron chi connectivity index (χ0n) is 9.55. The van der Waals surface area contributed by atoms with Gasteiger partial charge in [0.15, 0.2) is 0 Å².